The predicted molar refractivity (Wildman–Crippen MR) is 99.6 cm³/mol. The van der Waals surface area contributed by atoms with E-state index in [0.717, 1.165) is 34.8 Å². The number of aromatic nitrogens is 2. The topological polar surface area (TPSA) is 46.9 Å². The Morgan fingerprint density at radius 3 is 2.74 bits per heavy atom. The van der Waals surface area contributed by atoms with Gasteiger partial charge in [-0.25, -0.2) is 13.8 Å². The fourth-order valence-electron chi connectivity index (χ4n) is 2.95. The molecular weight excluding hydrogens is 348 g/mol. The van der Waals surface area contributed by atoms with Crippen LogP contribution in [0.3, 0.4) is 0 Å². The van der Waals surface area contributed by atoms with Crippen LogP contribution in [0.5, 0.6) is 0 Å². The van der Waals surface area contributed by atoms with Gasteiger partial charge < -0.3 is 9.88 Å². The molecule has 0 saturated heterocycles. The minimum absolute atomic E-state index is 0.332. The molecule has 0 bridgehead atoms. The summed E-state index contributed by atoms with van der Waals surface area (Å²) >= 11 is 0. The van der Waals surface area contributed by atoms with E-state index in [-0.39, 0.29) is 5.56 Å². The third kappa shape index (κ3) is 3.55. The van der Waals surface area contributed by atoms with Crippen molar-refractivity contribution < 1.29 is 13.6 Å². The van der Waals surface area contributed by atoms with Crippen molar-refractivity contribution in [1.29, 1.82) is 0 Å². The van der Waals surface area contributed by atoms with Crippen LogP contribution >= 0.6 is 0 Å². The highest BCUT2D eigenvalue weighted by molar-refractivity contribution is 6.04. The van der Waals surface area contributed by atoms with Crippen molar-refractivity contribution in [2.24, 2.45) is 0 Å². The Morgan fingerprint density at radius 1 is 1.00 bits per heavy atom. The van der Waals surface area contributed by atoms with E-state index in [2.05, 4.69) is 10.3 Å². The minimum atomic E-state index is -0.769. The number of amides is 1. The van der Waals surface area contributed by atoms with Crippen molar-refractivity contribution in [3.05, 3.63) is 95.8 Å². The second kappa shape index (κ2) is 6.99. The number of hydrogen-bond donors (Lipinski definition) is 1. The van der Waals surface area contributed by atoms with Gasteiger partial charge in [-0.1, -0.05) is 24.3 Å². The number of para-hydroxylation sites is 2. The fourth-order valence-corrected chi connectivity index (χ4v) is 2.95. The van der Waals surface area contributed by atoms with Gasteiger partial charge in [-0.3, -0.25) is 4.79 Å². The van der Waals surface area contributed by atoms with Gasteiger partial charge in [-0.05, 0) is 48.0 Å². The molecule has 4 nitrogen and oxygen atoms in total. The van der Waals surface area contributed by atoms with Crippen LogP contribution in [0.2, 0.25) is 0 Å². The summed E-state index contributed by atoms with van der Waals surface area (Å²) in [5.74, 6) is -2.13. The van der Waals surface area contributed by atoms with Gasteiger partial charge in [0, 0.05) is 12.2 Å². The van der Waals surface area contributed by atoms with Gasteiger partial charge in [0.25, 0.3) is 5.91 Å². The zero-order valence-electron chi connectivity index (χ0n) is 14.2. The van der Waals surface area contributed by atoms with Crippen molar-refractivity contribution in [3.63, 3.8) is 0 Å². The molecule has 0 aliphatic heterocycles. The van der Waals surface area contributed by atoms with E-state index in [1.165, 1.54) is 0 Å². The molecule has 0 aliphatic rings. The van der Waals surface area contributed by atoms with Crippen molar-refractivity contribution in [3.8, 4) is 0 Å². The lowest BCUT2D eigenvalue weighted by Gasteiger charge is -2.09. The highest BCUT2D eigenvalue weighted by Gasteiger charge is 2.13. The first-order chi connectivity index (χ1) is 13.1. The molecule has 1 amide bonds. The first-order valence-electron chi connectivity index (χ1n) is 8.35. The molecule has 3 aromatic carbocycles. The van der Waals surface area contributed by atoms with Gasteiger partial charge in [-0.15, -0.1) is 0 Å². The molecule has 0 fully saturated rings. The van der Waals surface area contributed by atoms with Crippen molar-refractivity contribution in [2.75, 3.05) is 5.32 Å². The minimum Gasteiger partial charge on any atom is -0.326 e. The maximum atomic E-state index is 13.8. The first kappa shape index (κ1) is 16.9. The Hall–Kier alpha value is -3.54. The molecule has 0 aliphatic carbocycles. The molecular formula is C21H15F2N3O. The number of hydrogen-bond acceptors (Lipinski definition) is 2. The summed E-state index contributed by atoms with van der Waals surface area (Å²) in [6.07, 6.45) is 1.76. The number of fused-ring (bicyclic) bond motifs is 1. The summed E-state index contributed by atoms with van der Waals surface area (Å²) in [5, 5.41) is 2.61. The molecule has 6 heteroatoms. The zero-order valence-corrected chi connectivity index (χ0v) is 14.2. The summed E-state index contributed by atoms with van der Waals surface area (Å²) in [7, 11) is 0. The first-order valence-corrected chi connectivity index (χ1v) is 8.35. The van der Waals surface area contributed by atoms with Gasteiger partial charge in [0.1, 0.15) is 11.6 Å². The maximum Gasteiger partial charge on any atom is 0.258 e. The average Bonchev–Trinajstić information content (AvgIpc) is 3.07. The lowest BCUT2D eigenvalue weighted by atomic mass is 10.1. The van der Waals surface area contributed by atoms with E-state index in [1.54, 1.807) is 24.5 Å². The van der Waals surface area contributed by atoms with Gasteiger partial charge in [0.2, 0.25) is 0 Å². The summed E-state index contributed by atoms with van der Waals surface area (Å²) < 4.78 is 29.1. The van der Waals surface area contributed by atoms with Crippen molar-refractivity contribution in [2.45, 2.75) is 6.54 Å². The van der Waals surface area contributed by atoms with Gasteiger partial charge in [0.15, 0.2) is 0 Å². The van der Waals surface area contributed by atoms with E-state index >= 15 is 0 Å². The predicted octanol–water partition coefficient (Wildman–Crippen LogP) is 4.62. The normalized spacial score (nSPS) is 10.9. The van der Waals surface area contributed by atoms with Crippen LogP contribution in [-0.2, 0) is 6.54 Å². The Bertz CT molecular complexity index is 1140. The van der Waals surface area contributed by atoms with Crippen molar-refractivity contribution in [1.82, 2.24) is 9.55 Å². The Balaban J connectivity index is 1.56. The highest BCUT2D eigenvalue weighted by Crippen LogP contribution is 2.18. The number of benzene rings is 3. The van der Waals surface area contributed by atoms with Crippen molar-refractivity contribution >= 4 is 22.6 Å². The lowest BCUT2D eigenvalue weighted by Crippen LogP contribution is -2.14. The highest BCUT2D eigenvalue weighted by atomic mass is 19.1. The second-order valence-electron chi connectivity index (χ2n) is 6.14. The second-order valence-corrected chi connectivity index (χ2v) is 6.14. The maximum absolute atomic E-state index is 13.8. The van der Waals surface area contributed by atoms with Crippen LogP contribution in [0.15, 0.2) is 73.1 Å². The largest absolute Gasteiger partial charge is 0.326 e. The fraction of sp³-hybridized carbons (Fsp3) is 0.0476. The smallest absolute Gasteiger partial charge is 0.258 e. The lowest BCUT2D eigenvalue weighted by molar-refractivity contribution is 0.102. The van der Waals surface area contributed by atoms with E-state index in [1.807, 2.05) is 34.9 Å². The van der Waals surface area contributed by atoms with Crippen LogP contribution in [0.25, 0.3) is 11.0 Å². The number of halogens is 2. The molecule has 1 aromatic heterocycles. The standard InChI is InChI=1S/C21H15F2N3O/c22-15-8-9-18(23)17(11-15)21(27)25-16-5-3-4-14(10-16)12-26-13-24-19-6-1-2-7-20(19)26/h1-11,13H,12H2,(H,25,27). The van der Waals surface area contributed by atoms with Gasteiger partial charge in [-0.2, -0.15) is 0 Å². The molecule has 0 unspecified atom stereocenters. The molecule has 0 radical (unpaired) electrons. The number of nitrogens with one attached hydrogen (secondary N) is 1. The van der Waals surface area contributed by atoms with Gasteiger partial charge in [0.05, 0.1) is 22.9 Å². The Kier molecular flexibility index (Phi) is 4.38. The summed E-state index contributed by atoms with van der Waals surface area (Å²) in [4.78, 5) is 16.6. The van der Waals surface area contributed by atoms with Crippen LogP contribution in [0.4, 0.5) is 14.5 Å². The molecule has 0 spiro atoms. The number of imidazole rings is 1. The molecule has 0 saturated carbocycles. The number of nitrogens with zero attached hydrogens (tertiary/aromatic N) is 2. The van der Waals surface area contributed by atoms with E-state index in [4.69, 9.17) is 0 Å². The van der Waals surface area contributed by atoms with E-state index < -0.39 is 17.5 Å². The molecule has 1 heterocycles. The molecule has 1 N–H and O–H groups in total. The van der Waals surface area contributed by atoms with Crippen LogP contribution in [-0.4, -0.2) is 15.5 Å². The summed E-state index contributed by atoms with van der Waals surface area (Å²) in [5.41, 5.74) is 3.03. The average molecular weight is 363 g/mol. The van der Waals surface area contributed by atoms with Crippen LogP contribution in [0, 0.1) is 11.6 Å². The monoisotopic (exact) mass is 363 g/mol. The third-order valence-corrected chi connectivity index (χ3v) is 4.24. The number of rotatable bonds is 4. The SMILES string of the molecule is O=C(Nc1cccc(Cn2cnc3ccccc32)c1)c1cc(F)ccc1F. The number of carbonyl (C=O) groups is 1. The molecule has 4 aromatic rings. The summed E-state index contributed by atoms with van der Waals surface area (Å²) in [6.45, 7) is 0.568. The zero-order chi connectivity index (χ0) is 18.8. The summed E-state index contributed by atoms with van der Waals surface area (Å²) in [6, 6.07) is 17.8. The molecule has 4 rings (SSSR count). The van der Waals surface area contributed by atoms with Crippen LogP contribution < -0.4 is 5.32 Å². The number of anilines is 1. The Labute approximate surface area is 154 Å². The molecule has 0 atom stereocenters. The quantitative estimate of drug-likeness (QED) is 0.575. The molecule has 134 valence electrons. The Morgan fingerprint density at radius 2 is 1.85 bits per heavy atom. The van der Waals surface area contributed by atoms with E-state index in [9.17, 15) is 13.6 Å². The van der Waals surface area contributed by atoms with E-state index in [0.29, 0.717) is 12.2 Å². The third-order valence-electron chi connectivity index (χ3n) is 4.24. The molecule has 27 heavy (non-hydrogen) atoms. The van der Waals surface area contributed by atoms with Crippen LogP contribution in [0.1, 0.15) is 15.9 Å². The van der Waals surface area contributed by atoms with Gasteiger partial charge >= 0.3 is 0 Å². The number of carbonyl (C=O) groups excluding carboxylic acids is 1.